The van der Waals surface area contributed by atoms with Crippen LogP contribution in [0.3, 0.4) is 0 Å². The SMILES string of the molecule is C[C@]12CCC3C(C[C@@H]4OC[C@@]35CCC(=O)C=C45)C1CC[C@@H]2C(=O)COC(=O)CCCCCCC/C=C1/CCCCCCC1O. The molecule has 2 bridgehead atoms. The van der Waals surface area contributed by atoms with E-state index in [0.717, 1.165) is 103 Å². The van der Waals surface area contributed by atoms with Gasteiger partial charge in [0.2, 0.25) is 0 Å². The van der Waals surface area contributed by atoms with E-state index in [1.807, 2.05) is 6.08 Å². The molecule has 1 heterocycles. The number of allylic oxidation sites excluding steroid dienone is 1. The van der Waals surface area contributed by atoms with Gasteiger partial charge >= 0.3 is 5.97 Å². The van der Waals surface area contributed by atoms with Gasteiger partial charge in [0.1, 0.15) is 6.61 Å². The van der Waals surface area contributed by atoms with Gasteiger partial charge in [-0.05, 0) is 117 Å². The Morgan fingerprint density at radius 1 is 0.977 bits per heavy atom. The van der Waals surface area contributed by atoms with Crippen LogP contribution in [-0.4, -0.2) is 48.1 Å². The van der Waals surface area contributed by atoms with E-state index in [4.69, 9.17) is 9.47 Å². The lowest BCUT2D eigenvalue weighted by molar-refractivity contribution is -0.151. The maximum atomic E-state index is 13.5. The second-order valence-electron chi connectivity index (χ2n) is 15.5. The Bertz CT molecular complexity index is 1140. The third-order valence-corrected chi connectivity index (χ3v) is 13.1. The third-order valence-electron chi connectivity index (χ3n) is 13.1. The highest BCUT2D eigenvalue weighted by molar-refractivity contribution is 5.92. The van der Waals surface area contributed by atoms with E-state index in [1.165, 1.54) is 30.4 Å². The molecule has 4 saturated carbocycles. The summed E-state index contributed by atoms with van der Waals surface area (Å²) in [5, 5.41) is 10.4. The molecule has 1 saturated heterocycles. The van der Waals surface area contributed by atoms with Gasteiger partial charge in [-0.25, -0.2) is 0 Å². The fraction of sp³-hybridized carbons (Fsp3) is 0.816. The molecule has 0 amide bonds. The van der Waals surface area contributed by atoms with E-state index in [2.05, 4.69) is 13.0 Å². The first-order chi connectivity index (χ1) is 21.3. The van der Waals surface area contributed by atoms with Crippen LogP contribution in [0.4, 0.5) is 0 Å². The van der Waals surface area contributed by atoms with Crippen LogP contribution in [0.15, 0.2) is 23.3 Å². The summed E-state index contributed by atoms with van der Waals surface area (Å²) < 4.78 is 11.9. The number of aliphatic hydroxyl groups excluding tert-OH is 1. The largest absolute Gasteiger partial charge is 0.458 e. The Morgan fingerprint density at radius 2 is 1.80 bits per heavy atom. The Hall–Kier alpha value is -1.79. The molecule has 6 aliphatic rings. The van der Waals surface area contributed by atoms with Gasteiger partial charge < -0.3 is 14.6 Å². The molecule has 6 nitrogen and oxygen atoms in total. The smallest absolute Gasteiger partial charge is 0.306 e. The highest BCUT2D eigenvalue weighted by Crippen LogP contribution is 2.68. The van der Waals surface area contributed by atoms with Crippen LogP contribution in [-0.2, 0) is 23.9 Å². The molecular weight excluding hydrogens is 552 g/mol. The molecular formula is C38H56O6. The molecule has 6 rings (SSSR count). The molecule has 0 aromatic heterocycles. The van der Waals surface area contributed by atoms with E-state index in [1.54, 1.807) is 0 Å². The van der Waals surface area contributed by atoms with Gasteiger partial charge in [-0.15, -0.1) is 0 Å². The molecule has 5 fully saturated rings. The molecule has 4 unspecified atom stereocenters. The minimum atomic E-state index is -0.240. The summed E-state index contributed by atoms with van der Waals surface area (Å²) in [5.41, 5.74) is 2.56. The van der Waals surface area contributed by atoms with Gasteiger partial charge in [0.15, 0.2) is 11.6 Å². The zero-order valence-corrected chi connectivity index (χ0v) is 27.2. The Balaban J connectivity index is 0.899. The summed E-state index contributed by atoms with van der Waals surface area (Å²) in [6.07, 6.45) is 24.1. The number of aliphatic hydroxyl groups is 1. The number of carbonyl (C=O) groups is 3. The zero-order valence-electron chi connectivity index (χ0n) is 27.2. The van der Waals surface area contributed by atoms with Crippen molar-refractivity contribution < 1.29 is 29.0 Å². The number of ketones is 2. The van der Waals surface area contributed by atoms with Crippen LogP contribution in [0.2, 0.25) is 0 Å². The molecule has 0 aromatic rings. The first kappa shape index (κ1) is 32.2. The van der Waals surface area contributed by atoms with Crippen molar-refractivity contribution in [3.63, 3.8) is 0 Å². The van der Waals surface area contributed by atoms with Crippen LogP contribution in [0, 0.1) is 34.5 Å². The molecule has 6 heteroatoms. The van der Waals surface area contributed by atoms with E-state index >= 15 is 0 Å². The summed E-state index contributed by atoms with van der Waals surface area (Å²) >= 11 is 0. The maximum Gasteiger partial charge on any atom is 0.306 e. The van der Waals surface area contributed by atoms with Crippen molar-refractivity contribution in [1.29, 1.82) is 0 Å². The van der Waals surface area contributed by atoms with Crippen molar-refractivity contribution in [3.05, 3.63) is 23.3 Å². The van der Waals surface area contributed by atoms with Crippen LogP contribution >= 0.6 is 0 Å². The van der Waals surface area contributed by atoms with Crippen LogP contribution < -0.4 is 0 Å². The number of carbonyl (C=O) groups excluding carboxylic acids is 3. The van der Waals surface area contributed by atoms with Crippen molar-refractivity contribution in [1.82, 2.24) is 0 Å². The first-order valence-corrected chi connectivity index (χ1v) is 18.2. The lowest BCUT2D eigenvalue weighted by atomic mass is 9.46. The Labute approximate surface area is 264 Å². The molecule has 1 aliphatic heterocycles. The summed E-state index contributed by atoms with van der Waals surface area (Å²) in [6, 6.07) is 0. The van der Waals surface area contributed by atoms with Crippen LogP contribution in [0.25, 0.3) is 0 Å². The van der Waals surface area contributed by atoms with E-state index in [-0.39, 0.29) is 53.1 Å². The number of rotatable bonds is 11. The predicted molar refractivity (Wildman–Crippen MR) is 170 cm³/mol. The fourth-order valence-corrected chi connectivity index (χ4v) is 10.7. The standard InChI is InChI=1S/C38H56O6/c1-37-20-19-30-28(23-35-32-22-27(39)18-21-38(30,32)25-44-35)29(37)16-17-31(37)34(41)24-43-36(42)15-11-5-3-2-4-8-12-26-13-9-6-7-10-14-33(26)40/h12,22,28-31,33,35,40H,2-11,13-21,23-25H2,1H3/b26-12-/t28?,29?,30?,31-,33?,35+,37+,38+/m1/s1. The van der Waals surface area contributed by atoms with Gasteiger partial charge in [0.25, 0.3) is 0 Å². The molecule has 0 aromatic carbocycles. The Kier molecular flexibility index (Phi) is 10.2. The van der Waals surface area contributed by atoms with Crippen molar-refractivity contribution in [2.45, 2.75) is 148 Å². The summed E-state index contributed by atoms with van der Waals surface area (Å²) in [5.74, 6) is 1.72. The number of unbranched alkanes of at least 4 members (excludes halogenated alkanes) is 5. The van der Waals surface area contributed by atoms with Gasteiger partial charge in [0.05, 0.1) is 18.8 Å². The van der Waals surface area contributed by atoms with E-state index in [0.29, 0.717) is 30.6 Å². The molecule has 0 radical (unpaired) electrons. The number of Topliss-reactive ketones (excluding diaryl/α,β-unsaturated/α-hetero) is 1. The molecule has 44 heavy (non-hydrogen) atoms. The second-order valence-corrected chi connectivity index (χ2v) is 15.5. The van der Waals surface area contributed by atoms with Gasteiger partial charge in [-0.2, -0.15) is 0 Å². The lowest BCUT2D eigenvalue weighted by Crippen LogP contribution is -2.53. The Morgan fingerprint density at radius 3 is 2.68 bits per heavy atom. The van der Waals surface area contributed by atoms with Crippen LogP contribution in [0.5, 0.6) is 0 Å². The van der Waals surface area contributed by atoms with Crippen LogP contribution in [0.1, 0.15) is 135 Å². The number of hydrogen-bond donors (Lipinski definition) is 1. The molecule has 8 atom stereocenters. The number of esters is 1. The second kappa shape index (κ2) is 13.9. The van der Waals surface area contributed by atoms with Crippen molar-refractivity contribution >= 4 is 17.5 Å². The monoisotopic (exact) mass is 608 g/mol. The highest BCUT2D eigenvalue weighted by Gasteiger charge is 2.65. The summed E-state index contributed by atoms with van der Waals surface area (Å²) in [7, 11) is 0. The lowest BCUT2D eigenvalue weighted by Gasteiger charge is -2.56. The summed E-state index contributed by atoms with van der Waals surface area (Å²) in [4.78, 5) is 38.2. The average molecular weight is 609 g/mol. The maximum absolute atomic E-state index is 13.5. The van der Waals surface area contributed by atoms with Crippen molar-refractivity contribution in [2.24, 2.45) is 34.5 Å². The minimum Gasteiger partial charge on any atom is -0.458 e. The van der Waals surface area contributed by atoms with Crippen molar-refractivity contribution in [2.75, 3.05) is 13.2 Å². The molecule has 1 N–H and O–H groups in total. The van der Waals surface area contributed by atoms with Gasteiger partial charge in [0, 0.05) is 24.2 Å². The quantitative estimate of drug-likeness (QED) is 0.148. The number of hydrogen-bond acceptors (Lipinski definition) is 6. The first-order valence-electron chi connectivity index (χ1n) is 18.2. The van der Waals surface area contributed by atoms with E-state index < -0.39 is 0 Å². The topological polar surface area (TPSA) is 89.9 Å². The van der Waals surface area contributed by atoms with E-state index in [9.17, 15) is 19.5 Å². The number of fused-ring (bicyclic) bond motifs is 3. The fourth-order valence-electron chi connectivity index (χ4n) is 10.7. The predicted octanol–water partition coefficient (Wildman–Crippen LogP) is 7.61. The van der Waals surface area contributed by atoms with Gasteiger partial charge in [-0.3, -0.25) is 14.4 Å². The van der Waals surface area contributed by atoms with Crippen molar-refractivity contribution in [3.8, 4) is 0 Å². The van der Waals surface area contributed by atoms with Gasteiger partial charge in [-0.1, -0.05) is 51.5 Å². The minimum absolute atomic E-state index is 0.0271. The third kappa shape index (κ3) is 6.41. The zero-order chi connectivity index (χ0) is 30.7. The summed E-state index contributed by atoms with van der Waals surface area (Å²) in [6.45, 7) is 3.02. The molecule has 0 spiro atoms. The molecule has 244 valence electrons. The molecule has 5 aliphatic carbocycles. The average Bonchev–Trinajstić information content (AvgIpc) is 3.49. The number of ether oxygens (including phenoxy) is 2. The highest BCUT2D eigenvalue weighted by atomic mass is 16.5. The normalized spacial score (nSPS) is 39.1.